The topological polar surface area (TPSA) is 21.3 Å². The van der Waals surface area contributed by atoms with E-state index in [9.17, 15) is 4.39 Å². The molecule has 1 aliphatic heterocycles. The Morgan fingerprint density at radius 1 is 1.24 bits per heavy atom. The van der Waals surface area contributed by atoms with Gasteiger partial charge in [0.1, 0.15) is 5.82 Å². The molecule has 3 rings (SSSR count). The first kappa shape index (κ1) is 11.0. The molecule has 1 unspecified atom stereocenters. The molecule has 0 aromatic heterocycles. The molecular formula is C14H18FNO. The first-order valence-electron chi connectivity index (χ1n) is 6.42. The van der Waals surface area contributed by atoms with Crippen LogP contribution in [0.5, 0.6) is 0 Å². The van der Waals surface area contributed by atoms with Gasteiger partial charge in [0.05, 0.1) is 5.60 Å². The van der Waals surface area contributed by atoms with E-state index < -0.39 is 0 Å². The van der Waals surface area contributed by atoms with Crippen LogP contribution in [0.2, 0.25) is 0 Å². The normalized spacial score (nSPS) is 26.5. The van der Waals surface area contributed by atoms with Crippen LogP contribution < -0.4 is 5.32 Å². The van der Waals surface area contributed by atoms with Crippen LogP contribution >= 0.6 is 0 Å². The molecule has 0 bridgehead atoms. The lowest BCUT2D eigenvalue weighted by Gasteiger charge is -2.47. The summed E-state index contributed by atoms with van der Waals surface area (Å²) in [6.07, 6.45) is 5.83. The summed E-state index contributed by atoms with van der Waals surface area (Å²) in [5.74, 6) is -0.182. The summed E-state index contributed by atoms with van der Waals surface area (Å²) in [5, 5.41) is 3.48. The van der Waals surface area contributed by atoms with Crippen molar-refractivity contribution in [2.45, 2.75) is 43.7 Å². The quantitative estimate of drug-likeness (QED) is 0.848. The highest BCUT2D eigenvalue weighted by molar-refractivity contribution is 5.44. The van der Waals surface area contributed by atoms with Gasteiger partial charge < -0.3 is 10.1 Å². The van der Waals surface area contributed by atoms with Gasteiger partial charge in [0.25, 0.3) is 0 Å². The highest BCUT2D eigenvalue weighted by Crippen LogP contribution is 2.42. The molecular weight excluding hydrogens is 217 g/mol. The van der Waals surface area contributed by atoms with Crippen LogP contribution in [0.1, 0.15) is 32.1 Å². The highest BCUT2D eigenvalue weighted by atomic mass is 19.1. The van der Waals surface area contributed by atoms with Gasteiger partial charge in [0.2, 0.25) is 0 Å². The van der Waals surface area contributed by atoms with Gasteiger partial charge in [0, 0.05) is 18.3 Å². The lowest BCUT2D eigenvalue weighted by atomic mass is 9.74. The Morgan fingerprint density at radius 3 is 2.65 bits per heavy atom. The summed E-state index contributed by atoms with van der Waals surface area (Å²) in [4.78, 5) is 0. The zero-order chi connectivity index (χ0) is 11.7. The molecule has 17 heavy (non-hydrogen) atoms. The Kier molecular flexibility index (Phi) is 2.79. The van der Waals surface area contributed by atoms with Crippen LogP contribution in [0.25, 0.3) is 0 Å². The van der Waals surface area contributed by atoms with Crippen molar-refractivity contribution in [3.05, 3.63) is 30.1 Å². The van der Waals surface area contributed by atoms with Crippen LogP contribution in [0, 0.1) is 5.82 Å². The van der Waals surface area contributed by atoms with Crippen molar-refractivity contribution in [3.63, 3.8) is 0 Å². The first-order valence-corrected chi connectivity index (χ1v) is 6.42. The number of ether oxygens (including phenoxy) is 1. The van der Waals surface area contributed by atoms with Gasteiger partial charge in [-0.15, -0.1) is 0 Å². The van der Waals surface area contributed by atoms with E-state index in [4.69, 9.17) is 4.74 Å². The third-order valence-corrected chi connectivity index (χ3v) is 3.97. The SMILES string of the molecule is Fc1ccc(NC2CCOC3(CCC3)C2)cc1. The maximum absolute atomic E-state index is 12.8. The van der Waals surface area contributed by atoms with Crippen LogP contribution in [0.3, 0.4) is 0 Å². The standard InChI is InChI=1S/C14H18FNO/c15-11-2-4-12(5-3-11)16-13-6-9-17-14(10-13)7-1-8-14/h2-5,13,16H,1,6-10H2. The second-order valence-electron chi connectivity index (χ2n) is 5.23. The predicted octanol–water partition coefficient (Wildman–Crippen LogP) is 3.34. The molecule has 1 aliphatic carbocycles. The smallest absolute Gasteiger partial charge is 0.123 e. The Hall–Kier alpha value is -1.09. The van der Waals surface area contributed by atoms with Crippen molar-refractivity contribution in [3.8, 4) is 0 Å². The van der Waals surface area contributed by atoms with Crippen molar-refractivity contribution in [1.82, 2.24) is 0 Å². The Morgan fingerprint density at radius 2 is 2.00 bits per heavy atom. The maximum atomic E-state index is 12.8. The Bertz CT molecular complexity index is 386. The lowest BCUT2D eigenvalue weighted by molar-refractivity contribution is -0.130. The molecule has 2 fully saturated rings. The average molecular weight is 235 g/mol. The second-order valence-corrected chi connectivity index (χ2v) is 5.23. The van der Waals surface area contributed by atoms with Crippen LogP contribution in [-0.4, -0.2) is 18.2 Å². The largest absolute Gasteiger partial charge is 0.382 e. The number of benzene rings is 1. The van der Waals surface area contributed by atoms with E-state index in [1.807, 2.05) is 0 Å². The first-order chi connectivity index (χ1) is 8.26. The summed E-state index contributed by atoms with van der Waals surface area (Å²) >= 11 is 0. The average Bonchev–Trinajstić information content (AvgIpc) is 2.31. The summed E-state index contributed by atoms with van der Waals surface area (Å²) in [6, 6.07) is 7.08. The number of halogens is 1. The van der Waals surface area contributed by atoms with Crippen molar-refractivity contribution >= 4 is 5.69 Å². The zero-order valence-corrected chi connectivity index (χ0v) is 9.92. The summed E-state index contributed by atoms with van der Waals surface area (Å²) in [5.41, 5.74) is 1.17. The fourth-order valence-corrected chi connectivity index (χ4v) is 2.85. The summed E-state index contributed by atoms with van der Waals surface area (Å²) in [6.45, 7) is 0.846. The van der Waals surface area contributed by atoms with E-state index in [0.717, 1.165) is 25.1 Å². The number of hydrogen-bond donors (Lipinski definition) is 1. The minimum absolute atomic E-state index is 0.163. The van der Waals surface area contributed by atoms with Crippen LogP contribution in [0.4, 0.5) is 10.1 Å². The van der Waals surface area contributed by atoms with Crippen molar-refractivity contribution in [1.29, 1.82) is 0 Å². The highest BCUT2D eigenvalue weighted by Gasteiger charge is 2.42. The Labute approximate surface area is 101 Å². The molecule has 3 heteroatoms. The molecule has 1 atom stereocenters. The van der Waals surface area contributed by atoms with E-state index in [1.165, 1.54) is 31.4 Å². The molecule has 1 aromatic rings. The van der Waals surface area contributed by atoms with E-state index in [2.05, 4.69) is 5.32 Å². The number of rotatable bonds is 2. The Balaban J connectivity index is 1.63. The zero-order valence-electron chi connectivity index (χ0n) is 9.92. The van der Waals surface area contributed by atoms with Crippen LogP contribution in [0.15, 0.2) is 24.3 Å². The number of hydrogen-bond acceptors (Lipinski definition) is 2. The summed E-state index contributed by atoms with van der Waals surface area (Å²) < 4.78 is 18.7. The molecule has 1 saturated heterocycles. The van der Waals surface area contributed by atoms with Crippen molar-refractivity contribution in [2.24, 2.45) is 0 Å². The van der Waals surface area contributed by atoms with Gasteiger partial charge in [-0.1, -0.05) is 0 Å². The molecule has 1 heterocycles. The van der Waals surface area contributed by atoms with E-state index in [-0.39, 0.29) is 11.4 Å². The molecule has 0 radical (unpaired) electrons. The van der Waals surface area contributed by atoms with Crippen LogP contribution in [-0.2, 0) is 4.74 Å². The van der Waals surface area contributed by atoms with Gasteiger partial charge in [0.15, 0.2) is 0 Å². The molecule has 2 nitrogen and oxygen atoms in total. The predicted molar refractivity (Wildman–Crippen MR) is 65.6 cm³/mol. The van der Waals surface area contributed by atoms with Crippen molar-refractivity contribution < 1.29 is 9.13 Å². The molecule has 92 valence electrons. The van der Waals surface area contributed by atoms with E-state index in [1.54, 1.807) is 12.1 Å². The molecule has 1 spiro atoms. The second kappa shape index (κ2) is 4.30. The molecule has 1 saturated carbocycles. The van der Waals surface area contributed by atoms with E-state index in [0.29, 0.717) is 6.04 Å². The fraction of sp³-hybridized carbons (Fsp3) is 0.571. The number of nitrogens with one attached hydrogen (secondary N) is 1. The van der Waals surface area contributed by atoms with Gasteiger partial charge in [-0.2, -0.15) is 0 Å². The van der Waals surface area contributed by atoms with Gasteiger partial charge in [-0.25, -0.2) is 4.39 Å². The molecule has 1 aromatic carbocycles. The lowest BCUT2D eigenvalue weighted by Crippen LogP contribution is -2.48. The molecule has 0 amide bonds. The number of anilines is 1. The minimum Gasteiger partial charge on any atom is -0.382 e. The monoisotopic (exact) mass is 235 g/mol. The third kappa shape index (κ3) is 2.29. The molecule has 2 aliphatic rings. The minimum atomic E-state index is -0.182. The third-order valence-electron chi connectivity index (χ3n) is 3.97. The maximum Gasteiger partial charge on any atom is 0.123 e. The summed E-state index contributed by atoms with van der Waals surface area (Å²) in [7, 11) is 0. The fourth-order valence-electron chi connectivity index (χ4n) is 2.85. The van der Waals surface area contributed by atoms with Gasteiger partial charge in [-0.05, 0) is 56.4 Å². The molecule has 1 N–H and O–H groups in total. The van der Waals surface area contributed by atoms with Gasteiger partial charge >= 0.3 is 0 Å². The van der Waals surface area contributed by atoms with Crippen molar-refractivity contribution in [2.75, 3.05) is 11.9 Å². The van der Waals surface area contributed by atoms with Gasteiger partial charge in [-0.3, -0.25) is 0 Å². The van der Waals surface area contributed by atoms with E-state index >= 15 is 0 Å².